The molecule has 0 aliphatic carbocycles. The number of rotatable bonds is 17. The van der Waals surface area contributed by atoms with E-state index in [9.17, 15) is 14.7 Å². The summed E-state index contributed by atoms with van der Waals surface area (Å²) >= 11 is 3.74. The minimum atomic E-state index is -1.42. The highest BCUT2D eigenvalue weighted by atomic mass is 79.9. The molecule has 0 saturated carbocycles. The van der Waals surface area contributed by atoms with Crippen LogP contribution in [-0.4, -0.2) is 89.1 Å². The second-order valence-electron chi connectivity index (χ2n) is 13.8. The van der Waals surface area contributed by atoms with E-state index in [0.717, 1.165) is 5.56 Å². The Hall–Kier alpha value is -4.78. The molecule has 11 nitrogen and oxygen atoms in total. The molecule has 6 rings (SSSR count). The van der Waals surface area contributed by atoms with Crippen LogP contribution in [0.3, 0.4) is 0 Å². The van der Waals surface area contributed by atoms with Crippen molar-refractivity contribution in [2.45, 2.75) is 60.4 Å². The van der Waals surface area contributed by atoms with Gasteiger partial charge >= 0.3 is 5.97 Å². The second-order valence-corrected chi connectivity index (χ2v) is 15.0. The van der Waals surface area contributed by atoms with Gasteiger partial charge in [0.15, 0.2) is 0 Å². The number of ether oxygens (including phenoxy) is 3. The van der Waals surface area contributed by atoms with E-state index in [0.29, 0.717) is 23.4 Å². The first kappa shape index (κ1) is 38.9. The summed E-state index contributed by atoms with van der Waals surface area (Å²) in [5.41, 5.74) is 0.660. The number of likely N-dealkylation sites (tertiary alicyclic amines) is 1. The number of esters is 1. The third kappa shape index (κ3) is 7.60. The summed E-state index contributed by atoms with van der Waals surface area (Å²) in [6.45, 7) is 7.27. The number of amides is 3. The molecular weight excluding hydrogens is 754 g/mol. The summed E-state index contributed by atoms with van der Waals surface area (Å²) in [7, 11) is 1.55. The topological polar surface area (TPSA) is 135 Å². The van der Waals surface area contributed by atoms with E-state index in [4.69, 9.17) is 14.2 Å². The minimum Gasteiger partial charge on any atom is -0.497 e. The maximum Gasteiger partial charge on any atom is 0.313 e. The molecule has 2 bridgehead atoms. The van der Waals surface area contributed by atoms with Crippen LogP contribution < -0.4 is 15.0 Å². The van der Waals surface area contributed by atoms with Crippen LogP contribution in [-0.2, 0) is 35.1 Å². The number of allylic oxidation sites excluding steroid dienone is 1. The van der Waals surface area contributed by atoms with Gasteiger partial charge in [-0.1, -0.05) is 88.7 Å². The number of nitrogens with zero attached hydrogens (tertiary/aromatic N) is 2. The summed E-state index contributed by atoms with van der Waals surface area (Å²) in [6, 6.07) is 23.5. The fourth-order valence-corrected chi connectivity index (χ4v) is 9.09. The van der Waals surface area contributed by atoms with Gasteiger partial charge in [-0.2, -0.15) is 0 Å². The molecule has 8 atom stereocenters. The summed E-state index contributed by atoms with van der Waals surface area (Å²) in [5, 5.41) is 13.8. The first-order valence-corrected chi connectivity index (χ1v) is 19.1. The Morgan fingerprint density at radius 3 is 2.37 bits per heavy atom. The van der Waals surface area contributed by atoms with Crippen molar-refractivity contribution in [1.29, 1.82) is 0 Å². The standard InChI is InChI=1S/C42H46BrN3O8/c1-4-6-17-34(48)44-25-33(28-15-11-8-12-16-28)53-41(51)35-36-39(49)46(30(26-47)23-27-13-9-7-10-14-27)38(42(36)24-32(43)37(35)54-42)40(50)45(22-5-2)29-18-20-31(52-3)21-19-29/h4-5,7-16,18-21,30,32-33,35-38,47H,1-2,6,17,22-26H2,3H3,(H,44,48)/t30-,32?,33-,35+,36-,37+,38+,42-/m1/s1. The normalized spacial score (nSPS) is 25.0. The Balaban J connectivity index is 1.38. The summed E-state index contributed by atoms with van der Waals surface area (Å²) in [6.07, 6.45) is 2.88. The summed E-state index contributed by atoms with van der Waals surface area (Å²) < 4.78 is 18.3. The number of hydrogen-bond acceptors (Lipinski definition) is 8. The van der Waals surface area contributed by atoms with Gasteiger partial charge < -0.3 is 34.4 Å². The predicted octanol–water partition coefficient (Wildman–Crippen LogP) is 4.93. The number of anilines is 1. The van der Waals surface area contributed by atoms with Crippen LogP contribution in [0.1, 0.15) is 36.5 Å². The van der Waals surface area contributed by atoms with Crippen LogP contribution in [0.2, 0.25) is 0 Å². The van der Waals surface area contributed by atoms with Gasteiger partial charge in [0.2, 0.25) is 11.8 Å². The molecule has 2 N–H and O–H groups in total. The average Bonchev–Trinajstić information content (AvgIpc) is 3.80. The fourth-order valence-electron chi connectivity index (χ4n) is 8.15. The Labute approximate surface area is 324 Å². The molecule has 3 aliphatic rings. The van der Waals surface area contributed by atoms with Crippen molar-refractivity contribution >= 4 is 45.3 Å². The summed E-state index contributed by atoms with van der Waals surface area (Å²) in [5.74, 6) is -3.34. The quantitative estimate of drug-likeness (QED) is 0.112. The number of methoxy groups -OCH3 is 1. The molecule has 0 aromatic heterocycles. The number of benzene rings is 3. The molecule has 284 valence electrons. The number of fused-ring (bicyclic) bond motifs is 1. The highest BCUT2D eigenvalue weighted by molar-refractivity contribution is 9.09. The number of carbonyl (C=O) groups excluding carboxylic acids is 4. The Morgan fingerprint density at radius 1 is 1.06 bits per heavy atom. The lowest BCUT2D eigenvalue weighted by atomic mass is 9.70. The van der Waals surface area contributed by atoms with Crippen LogP contribution in [0.5, 0.6) is 5.75 Å². The van der Waals surface area contributed by atoms with Gasteiger partial charge in [-0.05, 0) is 54.7 Å². The van der Waals surface area contributed by atoms with E-state index in [1.54, 1.807) is 55.7 Å². The van der Waals surface area contributed by atoms with Crippen LogP contribution >= 0.6 is 15.9 Å². The van der Waals surface area contributed by atoms with E-state index < -0.39 is 70.9 Å². The fraction of sp³-hybridized carbons (Fsp3) is 0.381. The molecular formula is C42H46BrN3O8. The zero-order valence-electron chi connectivity index (χ0n) is 30.2. The van der Waals surface area contributed by atoms with E-state index >= 15 is 9.59 Å². The number of aliphatic hydroxyl groups is 1. The minimum absolute atomic E-state index is 0.0146. The van der Waals surface area contributed by atoms with E-state index in [1.165, 1.54) is 9.80 Å². The number of hydrogen-bond donors (Lipinski definition) is 2. The Kier molecular flexibility index (Phi) is 12.4. The smallest absolute Gasteiger partial charge is 0.313 e. The molecule has 54 heavy (non-hydrogen) atoms. The lowest BCUT2D eigenvalue weighted by molar-refractivity contribution is -0.160. The molecule has 1 spiro atoms. The van der Waals surface area contributed by atoms with E-state index in [-0.39, 0.29) is 38.3 Å². The van der Waals surface area contributed by atoms with Crippen molar-refractivity contribution in [3.8, 4) is 5.75 Å². The average molecular weight is 801 g/mol. The van der Waals surface area contributed by atoms with Crippen molar-refractivity contribution < 1.29 is 38.5 Å². The molecule has 3 fully saturated rings. The zero-order valence-corrected chi connectivity index (χ0v) is 31.8. The Bertz CT molecular complexity index is 1830. The lowest BCUT2D eigenvalue weighted by Crippen LogP contribution is -2.59. The van der Waals surface area contributed by atoms with Gasteiger partial charge in [0, 0.05) is 23.5 Å². The SMILES string of the molecule is C=CCCC(=O)NC[C@@H](OC(=O)[C@@H]1[C@H]2O[C@@]3(CC2Br)[C@H](C(=O)N(CC=C)c2ccc(OC)cc2)N([C@@H](CO)Cc2ccccc2)C(=O)[C@@H]13)c1ccccc1. The van der Waals surface area contributed by atoms with Crippen molar-refractivity contribution in [2.75, 3.05) is 31.7 Å². The first-order valence-electron chi connectivity index (χ1n) is 18.2. The number of nitrogens with one attached hydrogen (secondary N) is 1. The van der Waals surface area contributed by atoms with Crippen molar-refractivity contribution in [3.63, 3.8) is 0 Å². The Morgan fingerprint density at radius 2 is 1.74 bits per heavy atom. The number of aliphatic hydroxyl groups excluding tert-OH is 1. The molecule has 1 unspecified atom stereocenters. The van der Waals surface area contributed by atoms with Gasteiger partial charge in [-0.3, -0.25) is 19.2 Å². The molecule has 12 heteroatoms. The molecule has 3 heterocycles. The third-order valence-electron chi connectivity index (χ3n) is 10.6. The largest absolute Gasteiger partial charge is 0.497 e. The first-order chi connectivity index (χ1) is 26.2. The maximum atomic E-state index is 15.1. The van der Waals surface area contributed by atoms with Crippen molar-refractivity contribution in [2.24, 2.45) is 11.8 Å². The third-order valence-corrected chi connectivity index (χ3v) is 11.4. The van der Waals surface area contributed by atoms with Crippen molar-refractivity contribution in [3.05, 3.63) is 121 Å². The van der Waals surface area contributed by atoms with Gasteiger partial charge in [-0.15, -0.1) is 13.2 Å². The van der Waals surface area contributed by atoms with E-state index in [2.05, 4.69) is 34.4 Å². The highest BCUT2D eigenvalue weighted by Crippen LogP contribution is 2.61. The molecule has 0 radical (unpaired) electrons. The molecule has 3 aliphatic heterocycles. The van der Waals surface area contributed by atoms with Crippen LogP contribution in [0.15, 0.2) is 110 Å². The van der Waals surface area contributed by atoms with E-state index in [1.807, 2.05) is 48.5 Å². The van der Waals surface area contributed by atoms with Crippen LogP contribution in [0, 0.1) is 11.8 Å². The van der Waals surface area contributed by atoms with Gasteiger partial charge in [0.25, 0.3) is 5.91 Å². The predicted molar refractivity (Wildman–Crippen MR) is 207 cm³/mol. The molecule has 3 amide bonds. The number of halogens is 1. The molecule has 3 aromatic carbocycles. The summed E-state index contributed by atoms with van der Waals surface area (Å²) in [4.78, 5) is 59.8. The number of carbonyl (C=O) groups is 4. The van der Waals surface area contributed by atoms with Gasteiger partial charge in [0.1, 0.15) is 23.5 Å². The van der Waals surface area contributed by atoms with Gasteiger partial charge in [0.05, 0.1) is 44.2 Å². The lowest BCUT2D eigenvalue weighted by Gasteiger charge is -2.39. The van der Waals surface area contributed by atoms with Crippen LogP contribution in [0.25, 0.3) is 0 Å². The second kappa shape index (κ2) is 17.1. The van der Waals surface area contributed by atoms with Crippen molar-refractivity contribution in [1.82, 2.24) is 10.2 Å². The molecule has 3 aromatic rings. The number of alkyl halides is 1. The highest BCUT2D eigenvalue weighted by Gasteiger charge is 2.77. The monoisotopic (exact) mass is 799 g/mol. The van der Waals surface area contributed by atoms with Gasteiger partial charge in [-0.25, -0.2) is 0 Å². The zero-order chi connectivity index (χ0) is 38.4. The molecule has 3 saturated heterocycles. The van der Waals surface area contributed by atoms with Crippen LogP contribution in [0.4, 0.5) is 5.69 Å². The maximum absolute atomic E-state index is 15.1.